The van der Waals surface area contributed by atoms with Gasteiger partial charge >= 0.3 is 0 Å². The van der Waals surface area contributed by atoms with Crippen molar-refractivity contribution in [1.29, 1.82) is 0 Å². The van der Waals surface area contributed by atoms with Crippen molar-refractivity contribution in [3.05, 3.63) is 36.0 Å². The van der Waals surface area contributed by atoms with Crippen LogP contribution in [-0.4, -0.2) is 46.0 Å². The van der Waals surface area contributed by atoms with Crippen molar-refractivity contribution >= 4 is 34.5 Å². The Hall–Kier alpha value is -3.40. The van der Waals surface area contributed by atoms with Crippen molar-refractivity contribution in [2.45, 2.75) is 65.0 Å². The van der Waals surface area contributed by atoms with E-state index in [1.165, 1.54) is 5.48 Å². The number of rotatable bonds is 7. The summed E-state index contributed by atoms with van der Waals surface area (Å²) < 4.78 is 2.19. The standard InChI is InChI=1S/C26H37N5O5/c1-16(2)13-19(22(23(27)32)26(35)30-36)24(33)29-20-14-17-15-31(21-10-6-5-9-18(17)21)12-8-4-3-7-11-28-25(20)34/h5-6,9-10,15-16,19-20,22,36H,3-4,7-8,11-14H2,1-2H3,(H2,27,32)(H,28,34)(H,29,33)(H,30,35)/t19-,20+,22?/m1/s1. The molecule has 36 heavy (non-hydrogen) atoms. The molecule has 1 aliphatic rings. The number of nitrogens with zero attached hydrogens (tertiary/aromatic N) is 1. The van der Waals surface area contributed by atoms with Crippen LogP contribution in [0, 0.1) is 17.8 Å². The lowest BCUT2D eigenvalue weighted by Crippen LogP contribution is -2.53. The van der Waals surface area contributed by atoms with E-state index < -0.39 is 35.6 Å². The fraction of sp³-hybridized carbons (Fsp3) is 0.538. The van der Waals surface area contributed by atoms with E-state index >= 15 is 0 Å². The third-order valence-electron chi connectivity index (χ3n) is 6.72. The highest BCUT2D eigenvalue weighted by Crippen LogP contribution is 2.25. The van der Waals surface area contributed by atoms with Gasteiger partial charge in [-0.25, -0.2) is 5.48 Å². The number of carbonyl (C=O) groups is 4. The predicted molar refractivity (Wildman–Crippen MR) is 135 cm³/mol. The quantitative estimate of drug-likeness (QED) is 0.222. The molecule has 2 heterocycles. The summed E-state index contributed by atoms with van der Waals surface area (Å²) in [7, 11) is 0. The van der Waals surface area contributed by atoms with E-state index in [9.17, 15) is 19.2 Å². The number of aryl methyl sites for hydroxylation is 1. The number of aromatic nitrogens is 1. The number of amides is 4. The number of hydrogen-bond donors (Lipinski definition) is 5. The first-order chi connectivity index (χ1) is 17.2. The van der Waals surface area contributed by atoms with Crippen LogP contribution in [0.25, 0.3) is 10.9 Å². The van der Waals surface area contributed by atoms with Crippen LogP contribution in [0.4, 0.5) is 0 Å². The Balaban J connectivity index is 1.95. The van der Waals surface area contributed by atoms with Crippen molar-refractivity contribution in [3.8, 4) is 0 Å². The van der Waals surface area contributed by atoms with Crippen molar-refractivity contribution < 1.29 is 24.4 Å². The summed E-state index contributed by atoms with van der Waals surface area (Å²) in [6.45, 7) is 5.05. The van der Waals surface area contributed by atoms with E-state index in [0.29, 0.717) is 6.54 Å². The second kappa shape index (κ2) is 12.5. The molecule has 2 bridgehead atoms. The molecule has 1 aliphatic heterocycles. The molecule has 0 spiro atoms. The van der Waals surface area contributed by atoms with Crippen LogP contribution in [0.3, 0.4) is 0 Å². The number of carbonyl (C=O) groups excluding carboxylic acids is 4. The zero-order valence-electron chi connectivity index (χ0n) is 21.0. The second-order valence-corrected chi connectivity index (χ2v) is 9.93. The minimum absolute atomic E-state index is 0.0547. The van der Waals surface area contributed by atoms with E-state index in [4.69, 9.17) is 10.9 Å². The van der Waals surface area contributed by atoms with Crippen molar-refractivity contribution in [2.24, 2.45) is 23.5 Å². The molecule has 1 unspecified atom stereocenters. The van der Waals surface area contributed by atoms with Gasteiger partial charge in [0.05, 0.1) is 5.92 Å². The summed E-state index contributed by atoms with van der Waals surface area (Å²) in [6, 6.07) is 7.04. The first kappa shape index (κ1) is 27.2. The van der Waals surface area contributed by atoms with E-state index in [1.54, 1.807) is 0 Å². The third-order valence-corrected chi connectivity index (χ3v) is 6.72. The fourth-order valence-corrected chi connectivity index (χ4v) is 4.96. The Morgan fingerprint density at radius 2 is 1.86 bits per heavy atom. The van der Waals surface area contributed by atoms with E-state index in [0.717, 1.165) is 48.7 Å². The zero-order chi connectivity index (χ0) is 26.2. The average Bonchev–Trinajstić information content (AvgIpc) is 3.19. The Labute approximate surface area is 210 Å². The summed E-state index contributed by atoms with van der Waals surface area (Å²) in [4.78, 5) is 51.0. The Morgan fingerprint density at radius 1 is 1.14 bits per heavy atom. The largest absolute Gasteiger partial charge is 0.369 e. The molecule has 0 fully saturated rings. The van der Waals surface area contributed by atoms with Gasteiger partial charge in [0.1, 0.15) is 12.0 Å². The lowest BCUT2D eigenvalue weighted by atomic mass is 9.83. The SMILES string of the molecule is CC(C)C[C@@H](C(=O)N[C@H]1Cc2cn(c3ccccc23)CCCCCCNC1=O)C(C(N)=O)C(=O)NO. The molecule has 0 saturated heterocycles. The van der Waals surface area contributed by atoms with E-state index in [2.05, 4.69) is 15.2 Å². The topological polar surface area (TPSA) is 156 Å². The van der Waals surface area contributed by atoms with Crippen LogP contribution in [0.2, 0.25) is 0 Å². The third kappa shape index (κ3) is 6.63. The van der Waals surface area contributed by atoms with Crippen molar-refractivity contribution in [2.75, 3.05) is 6.54 Å². The average molecular weight is 500 g/mol. The Morgan fingerprint density at radius 3 is 2.56 bits per heavy atom. The van der Waals surface area contributed by atoms with Gasteiger partial charge in [-0.2, -0.15) is 0 Å². The second-order valence-electron chi connectivity index (χ2n) is 9.93. The van der Waals surface area contributed by atoms with Crippen LogP contribution in [0.1, 0.15) is 51.5 Å². The predicted octanol–water partition coefficient (Wildman–Crippen LogP) is 1.63. The van der Waals surface area contributed by atoms with Gasteiger partial charge in [-0.1, -0.05) is 44.9 Å². The van der Waals surface area contributed by atoms with Gasteiger partial charge in [-0.15, -0.1) is 0 Å². The monoisotopic (exact) mass is 499 g/mol. The lowest BCUT2D eigenvalue weighted by molar-refractivity contribution is -0.147. The van der Waals surface area contributed by atoms with Crippen LogP contribution in [0.5, 0.6) is 0 Å². The van der Waals surface area contributed by atoms with E-state index in [-0.39, 0.29) is 24.7 Å². The number of primary amides is 1. The minimum Gasteiger partial charge on any atom is -0.369 e. The normalized spacial score (nSPS) is 18.8. The van der Waals surface area contributed by atoms with Gasteiger partial charge in [-0.3, -0.25) is 24.4 Å². The summed E-state index contributed by atoms with van der Waals surface area (Å²) in [6.07, 6.45) is 6.34. The zero-order valence-corrected chi connectivity index (χ0v) is 21.0. The highest BCUT2D eigenvalue weighted by molar-refractivity contribution is 6.03. The molecule has 4 amide bonds. The minimum atomic E-state index is -1.57. The summed E-state index contributed by atoms with van der Waals surface area (Å²) >= 11 is 0. The van der Waals surface area contributed by atoms with Crippen LogP contribution < -0.4 is 21.8 Å². The van der Waals surface area contributed by atoms with Crippen LogP contribution in [0.15, 0.2) is 30.5 Å². The fourth-order valence-electron chi connectivity index (χ4n) is 4.96. The molecule has 1 aromatic carbocycles. The maximum atomic E-state index is 13.4. The number of para-hydroxylation sites is 1. The molecule has 0 aliphatic carbocycles. The maximum Gasteiger partial charge on any atom is 0.256 e. The highest BCUT2D eigenvalue weighted by Gasteiger charge is 2.39. The summed E-state index contributed by atoms with van der Waals surface area (Å²) in [5.41, 5.74) is 8.87. The molecule has 3 atom stereocenters. The summed E-state index contributed by atoms with van der Waals surface area (Å²) in [5, 5.41) is 15.8. The molecule has 196 valence electrons. The number of nitrogens with one attached hydrogen (secondary N) is 3. The number of nitrogens with two attached hydrogens (primary N) is 1. The first-order valence-electron chi connectivity index (χ1n) is 12.6. The van der Waals surface area contributed by atoms with Crippen molar-refractivity contribution in [3.63, 3.8) is 0 Å². The molecule has 10 heteroatoms. The van der Waals surface area contributed by atoms with Gasteiger partial charge < -0.3 is 20.9 Å². The molecule has 0 saturated carbocycles. The highest BCUT2D eigenvalue weighted by atomic mass is 16.5. The number of fused-ring (bicyclic) bond motifs is 5. The molecular weight excluding hydrogens is 462 g/mol. The van der Waals surface area contributed by atoms with Gasteiger partial charge in [0.15, 0.2) is 0 Å². The summed E-state index contributed by atoms with van der Waals surface area (Å²) in [5.74, 6) is -5.81. The Kier molecular flexibility index (Phi) is 9.46. The maximum absolute atomic E-state index is 13.4. The van der Waals surface area contributed by atoms with Gasteiger partial charge in [-0.05, 0) is 36.8 Å². The molecular formula is C26H37N5O5. The van der Waals surface area contributed by atoms with Gasteiger partial charge in [0.2, 0.25) is 17.7 Å². The smallest absolute Gasteiger partial charge is 0.256 e. The molecule has 0 radical (unpaired) electrons. The first-order valence-corrected chi connectivity index (χ1v) is 12.6. The molecule has 6 N–H and O–H groups in total. The van der Waals surface area contributed by atoms with Crippen LogP contribution >= 0.6 is 0 Å². The molecule has 1 aromatic heterocycles. The Bertz CT molecular complexity index is 1100. The number of hydrogen-bond acceptors (Lipinski definition) is 5. The van der Waals surface area contributed by atoms with E-state index in [1.807, 2.05) is 44.3 Å². The molecule has 3 rings (SSSR count). The number of hydroxylamine groups is 1. The van der Waals surface area contributed by atoms with Gasteiger partial charge in [0, 0.05) is 36.6 Å². The molecule has 2 aromatic rings. The molecule has 10 nitrogen and oxygen atoms in total. The lowest BCUT2D eigenvalue weighted by Gasteiger charge is -2.26. The van der Waals surface area contributed by atoms with Crippen LogP contribution in [-0.2, 0) is 32.1 Å². The number of benzene rings is 1. The van der Waals surface area contributed by atoms with Crippen molar-refractivity contribution in [1.82, 2.24) is 20.7 Å². The van der Waals surface area contributed by atoms with Gasteiger partial charge in [0.25, 0.3) is 5.91 Å².